The molecule has 0 spiro atoms. The van der Waals surface area contributed by atoms with Crippen molar-refractivity contribution in [3.8, 4) is 5.75 Å². The zero-order chi connectivity index (χ0) is 16.7. The van der Waals surface area contributed by atoms with Gasteiger partial charge in [-0.05, 0) is 46.5 Å². The number of aryl methyl sites for hydroxylation is 1. The van der Waals surface area contributed by atoms with Crippen LogP contribution in [0.1, 0.15) is 17.5 Å². The summed E-state index contributed by atoms with van der Waals surface area (Å²) >= 11 is 1.64. The molecule has 122 valence electrons. The molecule has 23 heavy (non-hydrogen) atoms. The van der Waals surface area contributed by atoms with Crippen molar-refractivity contribution in [1.29, 1.82) is 0 Å². The van der Waals surface area contributed by atoms with Crippen molar-refractivity contribution in [3.05, 3.63) is 52.2 Å². The minimum Gasteiger partial charge on any atom is -0.482 e. The summed E-state index contributed by atoms with van der Waals surface area (Å²) in [6.07, 6.45) is 1.25. The Balaban J connectivity index is 1.80. The molecule has 0 fully saturated rings. The minimum absolute atomic E-state index is 0.0994. The second kappa shape index (κ2) is 8.33. The molecule has 6 heteroatoms. The molecule has 1 amide bonds. The number of hydrogen-bond donors (Lipinski definition) is 1. The standard InChI is InChI=1S/C17H19NO4S/c1-18(16(19)7-4-14-8-9-23-12-14)10-13-2-5-15(6-3-13)22-11-17(20)21/h2-3,5-6,8-9,12H,4,7,10-11H2,1H3,(H,20,21). The van der Waals surface area contributed by atoms with E-state index in [1.54, 1.807) is 35.4 Å². The van der Waals surface area contributed by atoms with E-state index in [1.165, 1.54) is 5.56 Å². The predicted octanol–water partition coefficient (Wildman–Crippen LogP) is 2.80. The Morgan fingerprint density at radius 1 is 1.17 bits per heavy atom. The number of carboxylic acid groups (broad SMARTS) is 1. The predicted molar refractivity (Wildman–Crippen MR) is 88.7 cm³/mol. The van der Waals surface area contributed by atoms with Crippen LogP contribution in [0.5, 0.6) is 5.75 Å². The summed E-state index contributed by atoms with van der Waals surface area (Å²) in [4.78, 5) is 24.3. The number of carboxylic acids is 1. The zero-order valence-electron chi connectivity index (χ0n) is 12.9. The summed E-state index contributed by atoms with van der Waals surface area (Å²) in [5.41, 5.74) is 2.16. The largest absolute Gasteiger partial charge is 0.482 e. The Bertz CT molecular complexity index is 637. The number of nitrogens with zero attached hydrogens (tertiary/aromatic N) is 1. The van der Waals surface area contributed by atoms with E-state index in [0.717, 1.165) is 12.0 Å². The number of amides is 1. The Morgan fingerprint density at radius 3 is 2.52 bits per heavy atom. The number of benzene rings is 1. The molecule has 0 aliphatic heterocycles. The summed E-state index contributed by atoms with van der Waals surface area (Å²) in [7, 11) is 1.78. The smallest absolute Gasteiger partial charge is 0.341 e. The van der Waals surface area contributed by atoms with Crippen LogP contribution >= 0.6 is 11.3 Å². The van der Waals surface area contributed by atoms with Crippen LogP contribution in [-0.4, -0.2) is 35.5 Å². The molecule has 1 N–H and O–H groups in total. The molecule has 1 aromatic heterocycles. The van der Waals surface area contributed by atoms with Crippen molar-refractivity contribution in [1.82, 2.24) is 4.90 Å². The van der Waals surface area contributed by atoms with Gasteiger partial charge in [-0.3, -0.25) is 4.79 Å². The molecule has 2 aromatic rings. The summed E-state index contributed by atoms with van der Waals surface area (Å²) < 4.78 is 5.08. The first-order valence-corrected chi connectivity index (χ1v) is 8.17. The fraction of sp³-hybridized carbons (Fsp3) is 0.294. The van der Waals surface area contributed by atoms with Crippen LogP contribution < -0.4 is 4.74 Å². The molecular formula is C17H19NO4S. The highest BCUT2D eigenvalue weighted by atomic mass is 32.1. The fourth-order valence-electron chi connectivity index (χ4n) is 2.08. The Labute approximate surface area is 139 Å². The molecule has 0 radical (unpaired) electrons. The molecule has 0 aliphatic rings. The Morgan fingerprint density at radius 2 is 1.91 bits per heavy atom. The lowest BCUT2D eigenvalue weighted by atomic mass is 10.1. The van der Waals surface area contributed by atoms with E-state index in [9.17, 15) is 9.59 Å². The average molecular weight is 333 g/mol. The van der Waals surface area contributed by atoms with Gasteiger partial charge < -0.3 is 14.7 Å². The third kappa shape index (κ3) is 5.75. The van der Waals surface area contributed by atoms with Crippen LogP contribution in [0.4, 0.5) is 0 Å². The summed E-state index contributed by atoms with van der Waals surface area (Å²) in [5.74, 6) is -0.407. The van der Waals surface area contributed by atoms with E-state index < -0.39 is 5.97 Å². The molecular weight excluding hydrogens is 314 g/mol. The maximum atomic E-state index is 12.1. The van der Waals surface area contributed by atoms with Crippen molar-refractivity contribution >= 4 is 23.2 Å². The van der Waals surface area contributed by atoms with Crippen molar-refractivity contribution < 1.29 is 19.4 Å². The minimum atomic E-state index is -1.01. The number of aliphatic carboxylic acids is 1. The number of hydrogen-bond acceptors (Lipinski definition) is 4. The maximum absolute atomic E-state index is 12.1. The highest BCUT2D eigenvalue weighted by molar-refractivity contribution is 7.07. The van der Waals surface area contributed by atoms with Gasteiger partial charge in [0.05, 0.1) is 0 Å². The molecule has 0 saturated carbocycles. The third-order valence-corrected chi connectivity index (χ3v) is 4.07. The van der Waals surface area contributed by atoms with Crippen molar-refractivity contribution in [2.45, 2.75) is 19.4 Å². The van der Waals surface area contributed by atoms with Gasteiger partial charge in [0.2, 0.25) is 5.91 Å². The van der Waals surface area contributed by atoms with Crippen LogP contribution in [-0.2, 0) is 22.6 Å². The van der Waals surface area contributed by atoms with Gasteiger partial charge in [-0.25, -0.2) is 4.79 Å². The normalized spacial score (nSPS) is 10.3. The van der Waals surface area contributed by atoms with Gasteiger partial charge >= 0.3 is 5.97 Å². The van der Waals surface area contributed by atoms with Crippen LogP contribution in [0.25, 0.3) is 0 Å². The highest BCUT2D eigenvalue weighted by Crippen LogP contribution is 2.14. The molecule has 5 nitrogen and oxygen atoms in total. The third-order valence-electron chi connectivity index (χ3n) is 3.34. The molecule has 1 aromatic carbocycles. The van der Waals surface area contributed by atoms with Crippen molar-refractivity contribution in [2.24, 2.45) is 0 Å². The molecule has 0 aliphatic carbocycles. The molecule has 0 bridgehead atoms. The summed E-state index contributed by atoms with van der Waals surface area (Å²) in [5, 5.41) is 12.6. The zero-order valence-corrected chi connectivity index (χ0v) is 13.7. The lowest BCUT2D eigenvalue weighted by molar-refractivity contribution is -0.139. The Hall–Kier alpha value is -2.34. The van der Waals surface area contributed by atoms with Gasteiger partial charge in [0, 0.05) is 20.0 Å². The first-order chi connectivity index (χ1) is 11.0. The molecule has 0 unspecified atom stereocenters. The molecule has 2 rings (SSSR count). The molecule has 0 atom stereocenters. The van der Waals surface area contributed by atoms with Gasteiger partial charge in [0.1, 0.15) is 5.75 Å². The molecule has 0 saturated heterocycles. The summed E-state index contributed by atoms with van der Waals surface area (Å²) in [6.45, 7) is 0.155. The monoisotopic (exact) mass is 333 g/mol. The van der Waals surface area contributed by atoms with E-state index in [2.05, 4.69) is 5.38 Å². The van der Waals surface area contributed by atoms with Crippen LogP contribution in [0.15, 0.2) is 41.1 Å². The average Bonchev–Trinajstić information content (AvgIpc) is 3.05. The van der Waals surface area contributed by atoms with E-state index >= 15 is 0 Å². The van der Waals surface area contributed by atoms with E-state index in [-0.39, 0.29) is 12.5 Å². The number of carbonyl (C=O) groups is 2. The quantitative estimate of drug-likeness (QED) is 0.807. The van der Waals surface area contributed by atoms with E-state index in [0.29, 0.717) is 18.7 Å². The van der Waals surface area contributed by atoms with Crippen LogP contribution in [0.2, 0.25) is 0 Å². The second-order valence-corrected chi connectivity index (χ2v) is 5.99. The van der Waals surface area contributed by atoms with Gasteiger partial charge in [-0.1, -0.05) is 12.1 Å². The van der Waals surface area contributed by atoms with Gasteiger partial charge in [0.25, 0.3) is 0 Å². The van der Waals surface area contributed by atoms with Gasteiger partial charge in [-0.15, -0.1) is 0 Å². The first-order valence-electron chi connectivity index (χ1n) is 7.23. The SMILES string of the molecule is CN(Cc1ccc(OCC(=O)O)cc1)C(=O)CCc1ccsc1. The van der Waals surface area contributed by atoms with Gasteiger partial charge in [0.15, 0.2) is 6.61 Å². The first kappa shape index (κ1) is 17.0. The topological polar surface area (TPSA) is 66.8 Å². The number of rotatable bonds is 8. The number of thiophene rings is 1. The van der Waals surface area contributed by atoms with Crippen LogP contribution in [0.3, 0.4) is 0 Å². The number of ether oxygens (including phenoxy) is 1. The maximum Gasteiger partial charge on any atom is 0.341 e. The van der Waals surface area contributed by atoms with E-state index in [1.807, 2.05) is 23.6 Å². The number of carbonyl (C=O) groups excluding carboxylic acids is 1. The van der Waals surface area contributed by atoms with Crippen molar-refractivity contribution in [3.63, 3.8) is 0 Å². The lowest BCUT2D eigenvalue weighted by Crippen LogP contribution is -2.26. The Kier molecular flexibility index (Phi) is 6.17. The second-order valence-electron chi connectivity index (χ2n) is 5.21. The highest BCUT2D eigenvalue weighted by Gasteiger charge is 2.10. The van der Waals surface area contributed by atoms with E-state index in [4.69, 9.17) is 9.84 Å². The summed E-state index contributed by atoms with van der Waals surface area (Å²) in [6, 6.07) is 9.12. The fourth-order valence-corrected chi connectivity index (χ4v) is 2.78. The van der Waals surface area contributed by atoms with Crippen LogP contribution in [0, 0.1) is 0 Å². The molecule has 1 heterocycles. The van der Waals surface area contributed by atoms with Crippen molar-refractivity contribution in [2.75, 3.05) is 13.7 Å². The lowest BCUT2D eigenvalue weighted by Gasteiger charge is -2.17. The van der Waals surface area contributed by atoms with Gasteiger partial charge in [-0.2, -0.15) is 11.3 Å².